The lowest BCUT2D eigenvalue weighted by molar-refractivity contribution is -0.120. The maximum Gasteiger partial charge on any atom is 0.239 e. The van der Waals surface area contributed by atoms with E-state index >= 15 is 0 Å². The number of rotatable bonds is 4. The summed E-state index contributed by atoms with van der Waals surface area (Å²) in [7, 11) is 0. The Balaban J connectivity index is 1.73. The Kier molecular flexibility index (Phi) is 4.65. The van der Waals surface area contributed by atoms with Gasteiger partial charge in [0.15, 0.2) is 0 Å². The second-order valence-electron chi connectivity index (χ2n) is 4.41. The zero-order chi connectivity index (χ0) is 12.1. The highest BCUT2D eigenvalue weighted by Crippen LogP contribution is 2.17. The maximum absolute atomic E-state index is 11.7. The second-order valence-corrected chi connectivity index (χ2v) is 5.65. The van der Waals surface area contributed by atoms with Gasteiger partial charge in [-0.2, -0.15) is 0 Å². The quantitative estimate of drug-likeness (QED) is 0.825. The third-order valence-electron chi connectivity index (χ3n) is 3.02. The number of nitrogens with one attached hydrogen (secondary N) is 2. The lowest BCUT2D eigenvalue weighted by Gasteiger charge is -2.12. The second kappa shape index (κ2) is 6.23. The van der Waals surface area contributed by atoms with Crippen LogP contribution in [0.15, 0.2) is 24.3 Å². The third kappa shape index (κ3) is 4.18. The molecule has 0 aliphatic heterocycles. The van der Waals surface area contributed by atoms with Crippen LogP contribution in [0, 0.1) is 3.57 Å². The third-order valence-corrected chi connectivity index (χ3v) is 3.74. The molecule has 0 radical (unpaired) electrons. The standard InChI is InChI=1S/C13H17IN2O/c14-10-5-7-11(8-6-10)15-9-13(17)16-12-3-1-2-4-12/h5-8,12,15H,1-4,9H2,(H,16,17). The van der Waals surface area contributed by atoms with Crippen LogP contribution in [0.5, 0.6) is 0 Å². The van der Waals surface area contributed by atoms with Gasteiger partial charge in [0.1, 0.15) is 0 Å². The van der Waals surface area contributed by atoms with Gasteiger partial charge in [-0.1, -0.05) is 12.8 Å². The van der Waals surface area contributed by atoms with Gasteiger partial charge < -0.3 is 10.6 Å². The van der Waals surface area contributed by atoms with Gasteiger partial charge >= 0.3 is 0 Å². The Labute approximate surface area is 116 Å². The first-order valence-electron chi connectivity index (χ1n) is 6.03. The van der Waals surface area contributed by atoms with Gasteiger partial charge in [0.25, 0.3) is 0 Å². The molecule has 0 bridgehead atoms. The molecular weight excluding hydrogens is 327 g/mol. The molecule has 1 aromatic rings. The molecule has 3 nitrogen and oxygen atoms in total. The predicted octanol–water partition coefficient (Wildman–Crippen LogP) is 2.76. The smallest absolute Gasteiger partial charge is 0.239 e. The van der Waals surface area contributed by atoms with Gasteiger partial charge in [-0.3, -0.25) is 4.79 Å². The summed E-state index contributed by atoms with van der Waals surface area (Å²) in [4.78, 5) is 11.7. The number of halogens is 1. The highest BCUT2D eigenvalue weighted by Gasteiger charge is 2.16. The van der Waals surface area contributed by atoms with Crippen molar-refractivity contribution in [3.8, 4) is 0 Å². The Bertz CT molecular complexity index is 372. The molecule has 0 saturated heterocycles. The van der Waals surface area contributed by atoms with Crippen LogP contribution in [0.4, 0.5) is 5.69 Å². The van der Waals surface area contributed by atoms with Gasteiger partial charge in [0, 0.05) is 15.3 Å². The Hall–Kier alpha value is -0.780. The lowest BCUT2D eigenvalue weighted by atomic mass is 10.2. The van der Waals surface area contributed by atoms with E-state index in [1.165, 1.54) is 16.4 Å². The molecule has 92 valence electrons. The van der Waals surface area contributed by atoms with E-state index in [2.05, 4.69) is 33.2 Å². The molecule has 4 heteroatoms. The summed E-state index contributed by atoms with van der Waals surface area (Å²) in [5.74, 6) is 0.0930. The first kappa shape index (κ1) is 12.7. The van der Waals surface area contributed by atoms with Crippen molar-refractivity contribution in [2.24, 2.45) is 0 Å². The van der Waals surface area contributed by atoms with E-state index in [0.29, 0.717) is 12.6 Å². The molecule has 0 unspecified atom stereocenters. The van der Waals surface area contributed by atoms with Crippen LogP contribution >= 0.6 is 22.6 Å². The fourth-order valence-corrected chi connectivity index (χ4v) is 2.46. The molecule has 0 spiro atoms. The van der Waals surface area contributed by atoms with E-state index in [9.17, 15) is 4.79 Å². The molecule has 1 saturated carbocycles. The van der Waals surface area contributed by atoms with Gasteiger partial charge in [0.2, 0.25) is 5.91 Å². The molecule has 2 N–H and O–H groups in total. The minimum atomic E-state index is 0.0930. The summed E-state index contributed by atoms with van der Waals surface area (Å²) in [6.07, 6.45) is 4.76. The highest BCUT2D eigenvalue weighted by molar-refractivity contribution is 14.1. The van der Waals surface area contributed by atoms with Crippen molar-refractivity contribution in [3.05, 3.63) is 27.8 Å². The normalized spacial score (nSPS) is 15.8. The van der Waals surface area contributed by atoms with Crippen molar-refractivity contribution >= 4 is 34.2 Å². The summed E-state index contributed by atoms with van der Waals surface area (Å²) in [6, 6.07) is 8.44. The van der Waals surface area contributed by atoms with Crippen molar-refractivity contribution in [2.75, 3.05) is 11.9 Å². The van der Waals surface area contributed by atoms with Crippen LogP contribution in [0.2, 0.25) is 0 Å². The summed E-state index contributed by atoms with van der Waals surface area (Å²) in [5.41, 5.74) is 0.993. The molecule has 1 aliphatic rings. The molecule has 1 fully saturated rings. The number of hydrogen-bond acceptors (Lipinski definition) is 2. The van der Waals surface area contributed by atoms with Crippen LogP contribution in [-0.2, 0) is 4.79 Å². The topological polar surface area (TPSA) is 41.1 Å². The number of carbonyl (C=O) groups excluding carboxylic acids is 1. The van der Waals surface area contributed by atoms with Crippen molar-refractivity contribution in [3.63, 3.8) is 0 Å². The van der Waals surface area contributed by atoms with Gasteiger partial charge in [-0.25, -0.2) is 0 Å². The van der Waals surface area contributed by atoms with Crippen molar-refractivity contribution in [1.82, 2.24) is 5.32 Å². The van der Waals surface area contributed by atoms with Crippen molar-refractivity contribution in [1.29, 1.82) is 0 Å². The fraction of sp³-hybridized carbons (Fsp3) is 0.462. The highest BCUT2D eigenvalue weighted by atomic mass is 127. The number of anilines is 1. The Morgan fingerprint density at radius 2 is 1.88 bits per heavy atom. The summed E-state index contributed by atoms with van der Waals surface area (Å²) >= 11 is 2.26. The van der Waals surface area contributed by atoms with Gasteiger partial charge in [-0.05, 0) is 59.7 Å². The lowest BCUT2D eigenvalue weighted by Crippen LogP contribution is -2.36. The van der Waals surface area contributed by atoms with Crippen LogP contribution < -0.4 is 10.6 Å². The Morgan fingerprint density at radius 1 is 1.24 bits per heavy atom. The summed E-state index contributed by atoms with van der Waals surface area (Å²) in [5, 5.41) is 6.19. The predicted molar refractivity (Wildman–Crippen MR) is 78.0 cm³/mol. The van der Waals surface area contributed by atoms with Crippen LogP contribution in [0.3, 0.4) is 0 Å². The first-order valence-corrected chi connectivity index (χ1v) is 7.11. The van der Waals surface area contributed by atoms with E-state index < -0.39 is 0 Å². The van der Waals surface area contributed by atoms with Crippen LogP contribution in [-0.4, -0.2) is 18.5 Å². The van der Waals surface area contributed by atoms with E-state index in [4.69, 9.17) is 0 Å². The van der Waals surface area contributed by atoms with E-state index in [0.717, 1.165) is 18.5 Å². The minimum absolute atomic E-state index is 0.0930. The van der Waals surface area contributed by atoms with Crippen LogP contribution in [0.1, 0.15) is 25.7 Å². The van der Waals surface area contributed by atoms with Crippen LogP contribution in [0.25, 0.3) is 0 Å². The maximum atomic E-state index is 11.7. The van der Waals surface area contributed by atoms with Crippen molar-refractivity contribution < 1.29 is 4.79 Å². The summed E-state index contributed by atoms with van der Waals surface area (Å²) in [6.45, 7) is 0.358. The SMILES string of the molecule is O=C(CNc1ccc(I)cc1)NC1CCCC1. The Morgan fingerprint density at radius 3 is 2.53 bits per heavy atom. The molecule has 1 aromatic carbocycles. The zero-order valence-electron chi connectivity index (χ0n) is 9.71. The minimum Gasteiger partial charge on any atom is -0.376 e. The molecule has 1 amide bonds. The molecule has 0 aromatic heterocycles. The van der Waals surface area contributed by atoms with E-state index in [-0.39, 0.29) is 5.91 Å². The van der Waals surface area contributed by atoms with E-state index in [1.807, 2.05) is 24.3 Å². The average molecular weight is 344 g/mol. The number of carbonyl (C=O) groups is 1. The molecule has 1 aliphatic carbocycles. The molecule has 17 heavy (non-hydrogen) atoms. The average Bonchev–Trinajstić information content (AvgIpc) is 2.81. The summed E-state index contributed by atoms with van der Waals surface area (Å²) < 4.78 is 1.20. The fourth-order valence-electron chi connectivity index (χ4n) is 2.10. The van der Waals surface area contributed by atoms with E-state index in [1.54, 1.807) is 0 Å². The molecule has 0 heterocycles. The number of benzene rings is 1. The monoisotopic (exact) mass is 344 g/mol. The van der Waals surface area contributed by atoms with Gasteiger partial charge in [0.05, 0.1) is 6.54 Å². The molecular formula is C13H17IN2O. The first-order chi connectivity index (χ1) is 8.24. The van der Waals surface area contributed by atoms with Crippen molar-refractivity contribution in [2.45, 2.75) is 31.7 Å². The molecule has 2 rings (SSSR count). The number of hydrogen-bond donors (Lipinski definition) is 2. The zero-order valence-corrected chi connectivity index (χ0v) is 11.9. The largest absolute Gasteiger partial charge is 0.376 e. The van der Waals surface area contributed by atoms with Gasteiger partial charge in [-0.15, -0.1) is 0 Å². The molecule has 0 atom stereocenters. The number of amides is 1.